The molecule has 0 aliphatic carbocycles. The SMILES string of the molecule is COC(=O)c1ccc(OC)c(CSc2nnc(C3CCCNC3)n2C)c1.Cl. The van der Waals surface area contributed by atoms with Crippen LogP contribution in [-0.2, 0) is 17.5 Å². The van der Waals surface area contributed by atoms with Crippen molar-refractivity contribution in [2.45, 2.75) is 29.7 Å². The van der Waals surface area contributed by atoms with E-state index < -0.39 is 0 Å². The van der Waals surface area contributed by atoms with Gasteiger partial charge in [-0.2, -0.15) is 0 Å². The smallest absolute Gasteiger partial charge is 0.337 e. The molecule has 2 heterocycles. The highest BCUT2D eigenvalue weighted by Gasteiger charge is 2.22. The third-order valence-electron chi connectivity index (χ3n) is 4.59. The average molecular weight is 413 g/mol. The molecule has 9 heteroatoms. The van der Waals surface area contributed by atoms with Gasteiger partial charge in [0, 0.05) is 30.8 Å². The number of aromatic nitrogens is 3. The first kappa shape index (κ1) is 21.5. The zero-order chi connectivity index (χ0) is 18.5. The van der Waals surface area contributed by atoms with Gasteiger partial charge in [0.05, 0.1) is 19.8 Å². The molecule has 1 atom stereocenters. The largest absolute Gasteiger partial charge is 0.496 e. The number of carbonyl (C=O) groups excluding carboxylic acids is 1. The fourth-order valence-corrected chi connectivity index (χ4v) is 4.05. The summed E-state index contributed by atoms with van der Waals surface area (Å²) in [5.41, 5.74) is 1.43. The van der Waals surface area contributed by atoms with Gasteiger partial charge in [-0.25, -0.2) is 4.79 Å². The molecule has 1 fully saturated rings. The molecule has 0 amide bonds. The Morgan fingerprint density at radius 1 is 1.37 bits per heavy atom. The summed E-state index contributed by atoms with van der Waals surface area (Å²) in [7, 11) is 5.01. The molecule has 7 nitrogen and oxygen atoms in total. The molecule has 0 radical (unpaired) electrons. The molecule has 1 aromatic carbocycles. The molecule has 2 aromatic rings. The summed E-state index contributed by atoms with van der Waals surface area (Å²) in [5, 5.41) is 13.0. The van der Waals surface area contributed by atoms with E-state index in [1.165, 1.54) is 7.11 Å². The number of nitrogens with one attached hydrogen (secondary N) is 1. The number of thioether (sulfide) groups is 1. The van der Waals surface area contributed by atoms with Crippen LogP contribution in [0.5, 0.6) is 5.75 Å². The second-order valence-corrected chi connectivity index (χ2v) is 7.19. The van der Waals surface area contributed by atoms with Crippen LogP contribution < -0.4 is 10.1 Å². The van der Waals surface area contributed by atoms with Crippen LogP contribution in [0.15, 0.2) is 23.4 Å². The number of carbonyl (C=O) groups is 1. The van der Waals surface area contributed by atoms with Gasteiger partial charge in [-0.15, -0.1) is 22.6 Å². The number of hydrogen-bond acceptors (Lipinski definition) is 7. The summed E-state index contributed by atoms with van der Waals surface area (Å²) in [6.07, 6.45) is 2.30. The molecule has 1 aromatic heterocycles. The number of piperidine rings is 1. The minimum absolute atomic E-state index is 0. The summed E-state index contributed by atoms with van der Waals surface area (Å²) in [4.78, 5) is 11.8. The molecule has 1 aliphatic heterocycles. The Hall–Kier alpha value is -1.77. The summed E-state index contributed by atoms with van der Waals surface area (Å²) >= 11 is 1.58. The molecule has 1 N–H and O–H groups in total. The fraction of sp³-hybridized carbons (Fsp3) is 0.500. The Labute approximate surface area is 169 Å². The highest BCUT2D eigenvalue weighted by Crippen LogP contribution is 2.30. The third-order valence-corrected chi connectivity index (χ3v) is 5.66. The van der Waals surface area contributed by atoms with E-state index in [4.69, 9.17) is 9.47 Å². The van der Waals surface area contributed by atoms with Gasteiger partial charge in [0.25, 0.3) is 0 Å². The van der Waals surface area contributed by atoms with Crippen LogP contribution in [0.25, 0.3) is 0 Å². The lowest BCUT2D eigenvalue weighted by Gasteiger charge is -2.21. The summed E-state index contributed by atoms with van der Waals surface area (Å²) < 4.78 is 12.3. The summed E-state index contributed by atoms with van der Waals surface area (Å²) in [6, 6.07) is 5.30. The van der Waals surface area contributed by atoms with Crippen LogP contribution in [0.3, 0.4) is 0 Å². The van der Waals surface area contributed by atoms with E-state index in [0.717, 1.165) is 48.2 Å². The van der Waals surface area contributed by atoms with Gasteiger partial charge in [-0.05, 0) is 37.6 Å². The molecule has 0 bridgehead atoms. The van der Waals surface area contributed by atoms with Crippen molar-refractivity contribution in [3.8, 4) is 5.75 Å². The number of benzene rings is 1. The van der Waals surface area contributed by atoms with Crippen LogP contribution in [0, 0.1) is 0 Å². The Morgan fingerprint density at radius 2 is 2.19 bits per heavy atom. The zero-order valence-electron chi connectivity index (χ0n) is 15.7. The molecule has 27 heavy (non-hydrogen) atoms. The van der Waals surface area contributed by atoms with Gasteiger partial charge in [0.15, 0.2) is 5.16 Å². The predicted molar refractivity (Wildman–Crippen MR) is 107 cm³/mol. The van der Waals surface area contributed by atoms with Crippen LogP contribution in [-0.4, -0.2) is 48.0 Å². The van der Waals surface area contributed by atoms with E-state index in [0.29, 0.717) is 17.2 Å². The molecular formula is C18H25ClN4O3S. The van der Waals surface area contributed by atoms with Crippen molar-refractivity contribution >= 4 is 30.1 Å². The van der Waals surface area contributed by atoms with Crippen LogP contribution in [0.1, 0.15) is 40.5 Å². The van der Waals surface area contributed by atoms with Crippen molar-refractivity contribution in [3.05, 3.63) is 35.2 Å². The molecule has 1 unspecified atom stereocenters. The van der Waals surface area contributed by atoms with Crippen LogP contribution in [0.2, 0.25) is 0 Å². The van der Waals surface area contributed by atoms with Crippen molar-refractivity contribution < 1.29 is 14.3 Å². The van der Waals surface area contributed by atoms with Crippen molar-refractivity contribution in [3.63, 3.8) is 0 Å². The van der Waals surface area contributed by atoms with Gasteiger partial charge in [-0.1, -0.05) is 11.8 Å². The summed E-state index contributed by atoms with van der Waals surface area (Å²) in [5.74, 6) is 2.44. The molecule has 1 saturated heterocycles. The van der Waals surface area contributed by atoms with Crippen molar-refractivity contribution in [1.29, 1.82) is 0 Å². The minimum atomic E-state index is -0.357. The number of nitrogens with zero attached hydrogens (tertiary/aromatic N) is 3. The maximum Gasteiger partial charge on any atom is 0.337 e. The number of esters is 1. The first-order valence-corrected chi connectivity index (χ1v) is 9.60. The number of ether oxygens (including phenoxy) is 2. The second kappa shape index (κ2) is 9.96. The molecule has 0 saturated carbocycles. The highest BCUT2D eigenvalue weighted by atomic mass is 35.5. The van der Waals surface area contributed by atoms with E-state index in [1.54, 1.807) is 37.1 Å². The Morgan fingerprint density at radius 3 is 2.85 bits per heavy atom. The van der Waals surface area contributed by atoms with Crippen LogP contribution in [0.4, 0.5) is 0 Å². The molecular weight excluding hydrogens is 388 g/mol. The Kier molecular flexibility index (Phi) is 7.94. The van der Waals surface area contributed by atoms with Gasteiger partial charge in [0.1, 0.15) is 11.6 Å². The predicted octanol–water partition coefficient (Wildman–Crippen LogP) is 2.79. The first-order chi connectivity index (χ1) is 12.6. The maximum atomic E-state index is 11.8. The third kappa shape index (κ3) is 4.94. The number of halogens is 1. The van der Waals surface area contributed by atoms with Gasteiger partial charge >= 0.3 is 5.97 Å². The lowest BCUT2D eigenvalue weighted by atomic mass is 9.99. The maximum absolute atomic E-state index is 11.8. The molecule has 3 rings (SSSR count). The van der Waals surface area contributed by atoms with E-state index in [2.05, 4.69) is 20.1 Å². The minimum Gasteiger partial charge on any atom is -0.496 e. The molecule has 0 spiro atoms. The van der Waals surface area contributed by atoms with E-state index >= 15 is 0 Å². The average Bonchev–Trinajstić information content (AvgIpc) is 3.06. The summed E-state index contributed by atoms with van der Waals surface area (Å²) in [6.45, 7) is 2.03. The van der Waals surface area contributed by atoms with Crippen LogP contribution >= 0.6 is 24.2 Å². The normalized spacial score (nSPS) is 16.5. The lowest BCUT2D eigenvalue weighted by molar-refractivity contribution is 0.0600. The van der Waals surface area contributed by atoms with Gasteiger partial charge < -0.3 is 19.4 Å². The lowest BCUT2D eigenvalue weighted by Crippen LogP contribution is -2.29. The van der Waals surface area contributed by atoms with Gasteiger partial charge in [-0.3, -0.25) is 0 Å². The second-order valence-electron chi connectivity index (χ2n) is 6.25. The monoisotopic (exact) mass is 412 g/mol. The van der Waals surface area contributed by atoms with E-state index in [1.807, 2.05) is 7.05 Å². The van der Waals surface area contributed by atoms with Crippen molar-refractivity contribution in [2.75, 3.05) is 27.3 Å². The highest BCUT2D eigenvalue weighted by molar-refractivity contribution is 7.98. The van der Waals surface area contributed by atoms with Crippen molar-refractivity contribution in [1.82, 2.24) is 20.1 Å². The molecule has 148 valence electrons. The molecule has 1 aliphatic rings. The topological polar surface area (TPSA) is 78.3 Å². The zero-order valence-corrected chi connectivity index (χ0v) is 17.4. The first-order valence-electron chi connectivity index (χ1n) is 8.62. The van der Waals surface area contributed by atoms with Gasteiger partial charge in [0.2, 0.25) is 0 Å². The standard InChI is InChI=1S/C18H24N4O3S.ClH/c1-22-16(13-5-4-8-19-10-13)20-21-18(22)26-11-14-9-12(17(23)25-3)6-7-15(14)24-2;/h6-7,9,13,19H,4-5,8,10-11H2,1-3H3;1H. The number of rotatable bonds is 6. The number of methoxy groups -OCH3 is 2. The fourth-order valence-electron chi connectivity index (χ4n) is 3.16. The quantitative estimate of drug-likeness (QED) is 0.577. The Bertz CT molecular complexity index is 778. The Balaban J connectivity index is 0.00000261. The van der Waals surface area contributed by atoms with Crippen molar-refractivity contribution in [2.24, 2.45) is 7.05 Å². The number of hydrogen-bond donors (Lipinski definition) is 1. The van der Waals surface area contributed by atoms with E-state index in [9.17, 15) is 4.79 Å². The van der Waals surface area contributed by atoms with E-state index in [-0.39, 0.29) is 18.4 Å².